The van der Waals surface area contributed by atoms with Gasteiger partial charge >= 0.3 is 0 Å². The van der Waals surface area contributed by atoms with Crippen molar-refractivity contribution in [2.45, 2.75) is 89.5 Å². The quantitative estimate of drug-likeness (QED) is 0.308. The summed E-state index contributed by atoms with van der Waals surface area (Å²) >= 11 is 0. The standard InChI is InChI=1S/C39H48/c1-14-16-13-17-19-21-23-22-20-18-15(2)25(5)24(3,4)27(7)29(9)31(11)32(12)30(10)28(8)26(14,6)33(16,17)35(19,28)37(21,30)39(23,32)38(22,31)36(20,29)34(18,25)27/h14-23H,13H2,1-12H3/t14-,15-,16+,17+,18-,19+,20-,21+,22-,23+,25-,26-,27+,28-,29+,30-,31+,32-,33+,34+,35+,36-,37+,38-,39+/m1/s1. The summed E-state index contributed by atoms with van der Waals surface area (Å²) in [6, 6.07) is 0. The molecule has 0 aliphatic heterocycles. The molecule has 204 valence electrons. The molecule has 16 saturated carbocycles. The molecular formula is C39H48. The van der Waals surface area contributed by atoms with E-state index in [2.05, 4.69) is 83.1 Å². The van der Waals surface area contributed by atoms with Gasteiger partial charge in [-0.2, -0.15) is 0 Å². The lowest BCUT2D eigenvalue weighted by Gasteiger charge is -3.42. The van der Waals surface area contributed by atoms with E-state index >= 15 is 0 Å². The van der Waals surface area contributed by atoms with E-state index in [9.17, 15) is 0 Å². The molecule has 0 aromatic rings. The summed E-state index contributed by atoms with van der Waals surface area (Å²) < 4.78 is 0. The van der Waals surface area contributed by atoms with Crippen LogP contribution in [0.2, 0.25) is 0 Å². The molecule has 0 radical (unpaired) electrons. The summed E-state index contributed by atoms with van der Waals surface area (Å²) in [5.74, 6) is 11.4. The normalized spacial score (nSPS) is 106. The fraction of sp³-hybridized carbons (Fsp3) is 1.00. The first-order valence-electron chi connectivity index (χ1n) is 18.0. The molecule has 0 nitrogen and oxygen atoms in total. The average molecular weight is 517 g/mol. The van der Waals surface area contributed by atoms with Gasteiger partial charge in [0.1, 0.15) is 0 Å². The SMILES string of the molecule is C[C@@H]1[C@@H]2C[C@H]3[C@H]4[C@H]5[C@H]6[C@H]7[C@H]8[C@H]9[C@@H](C)[C@]%10(C)C(C)(C)[C@@]%11(C)[C@@]%12(C)[C@@]%13(C)[C@@]%14(C)[C@@]%15(C)[C@@]%16(C)[C@]1(C)[C@@]32[C@]4%16[C@]5%15[C@]6%14[C@]7%13[C@]8%12[C@]9%11%10. The minimum absolute atomic E-state index is 0.491. The summed E-state index contributed by atoms with van der Waals surface area (Å²) in [4.78, 5) is 0. The molecule has 25 atom stereocenters. The molecule has 0 bridgehead atoms. The Labute approximate surface area is 235 Å². The van der Waals surface area contributed by atoms with Crippen LogP contribution >= 0.6 is 0 Å². The molecule has 0 saturated heterocycles. The first kappa shape index (κ1) is 19.3. The van der Waals surface area contributed by atoms with Crippen molar-refractivity contribution in [1.29, 1.82) is 0 Å². The molecule has 0 aromatic heterocycles. The molecule has 0 heteroatoms. The highest BCUT2D eigenvalue weighted by Crippen LogP contribution is 3.44. The van der Waals surface area contributed by atoms with Gasteiger partial charge in [0.05, 0.1) is 0 Å². The van der Waals surface area contributed by atoms with Crippen LogP contribution < -0.4 is 0 Å². The Morgan fingerprint density at radius 2 is 0.846 bits per heavy atom. The van der Waals surface area contributed by atoms with Crippen LogP contribution in [0.5, 0.6) is 0 Å². The largest absolute Gasteiger partial charge is 0.0617 e. The Morgan fingerprint density at radius 1 is 0.385 bits per heavy atom. The molecular weight excluding hydrogens is 468 g/mol. The molecule has 7 spiro atoms. The van der Waals surface area contributed by atoms with Gasteiger partial charge in [-0.1, -0.05) is 83.1 Å². The summed E-state index contributed by atoms with van der Waals surface area (Å²) in [5, 5.41) is 0. The molecule has 0 heterocycles. The highest BCUT2D eigenvalue weighted by molar-refractivity contribution is 5.87. The molecule has 0 aromatic carbocycles. The van der Waals surface area contributed by atoms with E-state index in [0.717, 1.165) is 67.5 Å². The Morgan fingerprint density at radius 3 is 1.46 bits per heavy atom. The van der Waals surface area contributed by atoms with Crippen LogP contribution in [0, 0.1) is 146 Å². The Balaban J connectivity index is 1.04. The van der Waals surface area contributed by atoms with Crippen molar-refractivity contribution in [1.82, 2.24) is 0 Å². The zero-order valence-corrected chi connectivity index (χ0v) is 26.5. The molecule has 0 amide bonds. The van der Waals surface area contributed by atoms with Crippen LogP contribution in [-0.4, -0.2) is 0 Å². The van der Waals surface area contributed by atoms with Gasteiger partial charge in [0.25, 0.3) is 0 Å². The predicted molar refractivity (Wildman–Crippen MR) is 147 cm³/mol. The summed E-state index contributed by atoms with van der Waals surface area (Å²) in [6.45, 7) is 34.7. The van der Waals surface area contributed by atoms with Crippen molar-refractivity contribution >= 4 is 0 Å². The van der Waals surface area contributed by atoms with Crippen LogP contribution in [0.1, 0.15) is 89.5 Å². The maximum absolute atomic E-state index is 3.03. The maximum Gasteiger partial charge on any atom is -0.00566 e. The third-order valence-electron chi connectivity index (χ3n) is 28.8. The molecule has 16 rings (SSSR count). The molecule has 16 aliphatic carbocycles. The van der Waals surface area contributed by atoms with Crippen LogP contribution in [0.15, 0.2) is 0 Å². The Kier molecular flexibility index (Phi) is 1.60. The lowest BCUT2D eigenvalue weighted by Crippen LogP contribution is -3.40. The Hall–Kier alpha value is 0. The van der Waals surface area contributed by atoms with Crippen LogP contribution in [-0.2, 0) is 0 Å². The highest BCUT2D eigenvalue weighted by Gasteiger charge is 3.42. The van der Waals surface area contributed by atoms with Gasteiger partial charge in [-0.15, -0.1) is 0 Å². The summed E-state index contributed by atoms with van der Waals surface area (Å²) in [5.41, 5.74) is 11.1. The minimum Gasteiger partial charge on any atom is -0.0617 e. The highest BCUT2D eigenvalue weighted by atomic mass is 15.4. The van der Waals surface area contributed by atoms with E-state index in [1.165, 1.54) is 29.6 Å². The van der Waals surface area contributed by atoms with Gasteiger partial charge in [0.15, 0.2) is 0 Å². The van der Waals surface area contributed by atoms with Crippen LogP contribution in [0.4, 0.5) is 0 Å². The zero-order chi connectivity index (χ0) is 26.5. The van der Waals surface area contributed by atoms with Crippen molar-refractivity contribution in [2.24, 2.45) is 146 Å². The zero-order valence-electron chi connectivity index (χ0n) is 26.5. The van der Waals surface area contributed by atoms with E-state index in [0.29, 0.717) is 48.7 Å². The topological polar surface area (TPSA) is 0 Å². The predicted octanol–water partition coefficient (Wildman–Crippen LogP) is 7.78. The second-order valence-corrected chi connectivity index (χ2v) is 22.7. The van der Waals surface area contributed by atoms with Gasteiger partial charge in [0.2, 0.25) is 0 Å². The first-order valence-corrected chi connectivity index (χ1v) is 18.0. The maximum atomic E-state index is 3.03. The van der Waals surface area contributed by atoms with Crippen molar-refractivity contribution in [2.75, 3.05) is 0 Å². The molecule has 16 fully saturated rings. The van der Waals surface area contributed by atoms with Gasteiger partial charge in [-0.3, -0.25) is 0 Å². The van der Waals surface area contributed by atoms with E-state index in [1.807, 2.05) is 0 Å². The third-order valence-corrected chi connectivity index (χ3v) is 28.8. The molecule has 0 unspecified atom stereocenters. The van der Waals surface area contributed by atoms with E-state index in [4.69, 9.17) is 0 Å². The van der Waals surface area contributed by atoms with Crippen molar-refractivity contribution in [3.05, 3.63) is 0 Å². The number of fused-ring (bicyclic) bond motifs is 12. The lowest BCUT2D eigenvalue weighted by atomic mass is 8.61. The van der Waals surface area contributed by atoms with E-state index < -0.39 is 0 Å². The van der Waals surface area contributed by atoms with Crippen molar-refractivity contribution in [3.8, 4) is 0 Å². The Bertz CT molecular complexity index is 1760. The smallest absolute Gasteiger partial charge is 0.00566 e. The number of rotatable bonds is 0. The number of hydrogen-bond acceptors (Lipinski definition) is 0. The average Bonchev–Trinajstić information content (AvgIpc) is 2.86. The van der Waals surface area contributed by atoms with E-state index in [-0.39, 0.29) is 0 Å². The number of hydrogen-bond donors (Lipinski definition) is 0. The summed E-state index contributed by atoms with van der Waals surface area (Å²) in [6.07, 6.45) is 1.66. The summed E-state index contributed by atoms with van der Waals surface area (Å²) in [7, 11) is 0. The van der Waals surface area contributed by atoms with Gasteiger partial charge < -0.3 is 0 Å². The van der Waals surface area contributed by atoms with Crippen LogP contribution in [0.25, 0.3) is 0 Å². The fourth-order valence-electron chi connectivity index (χ4n) is 31.2. The monoisotopic (exact) mass is 516 g/mol. The van der Waals surface area contributed by atoms with E-state index in [1.54, 1.807) is 6.42 Å². The van der Waals surface area contributed by atoms with Crippen molar-refractivity contribution < 1.29 is 0 Å². The van der Waals surface area contributed by atoms with Gasteiger partial charge in [-0.25, -0.2) is 0 Å². The molecule has 39 heavy (non-hydrogen) atoms. The van der Waals surface area contributed by atoms with Gasteiger partial charge in [0, 0.05) is 0 Å². The fourth-order valence-corrected chi connectivity index (χ4v) is 31.2. The second-order valence-electron chi connectivity index (χ2n) is 22.7. The molecule has 16 aliphatic rings. The minimum atomic E-state index is 0.491. The third kappa shape index (κ3) is 0.570. The van der Waals surface area contributed by atoms with Gasteiger partial charge in [-0.05, 0) is 152 Å². The van der Waals surface area contributed by atoms with Crippen molar-refractivity contribution in [3.63, 3.8) is 0 Å². The lowest BCUT2D eigenvalue weighted by molar-refractivity contribution is -0.970. The molecule has 0 N–H and O–H groups in total. The second kappa shape index (κ2) is 3.23. The van der Waals surface area contributed by atoms with Crippen LogP contribution in [0.3, 0.4) is 0 Å². The first-order chi connectivity index (χ1) is 18.0.